The summed E-state index contributed by atoms with van der Waals surface area (Å²) in [5, 5.41) is 5.92. The van der Waals surface area contributed by atoms with E-state index in [-0.39, 0.29) is 0 Å². The van der Waals surface area contributed by atoms with Crippen molar-refractivity contribution in [2.45, 2.75) is 19.8 Å². The maximum Gasteiger partial charge on any atom is 0.157 e. The molecule has 1 aromatic carbocycles. The molecule has 5 heteroatoms. The quantitative estimate of drug-likeness (QED) is 0.734. The molecule has 0 N–H and O–H groups in total. The van der Waals surface area contributed by atoms with Crippen LogP contribution in [0.25, 0.3) is 16.6 Å². The number of benzene rings is 1. The Kier molecular flexibility index (Phi) is 3.55. The first-order valence-electron chi connectivity index (χ1n) is 6.71. The van der Waals surface area contributed by atoms with Crippen molar-refractivity contribution in [3.05, 3.63) is 47.4 Å². The number of hydrogen-bond donors (Lipinski definition) is 0. The Morgan fingerprint density at radius 3 is 2.76 bits per heavy atom. The molecule has 4 nitrogen and oxygen atoms in total. The normalized spacial score (nSPS) is 11.3. The van der Waals surface area contributed by atoms with Gasteiger partial charge >= 0.3 is 0 Å². The van der Waals surface area contributed by atoms with E-state index in [1.807, 2.05) is 30.5 Å². The number of rotatable bonds is 3. The Morgan fingerprint density at radius 1 is 1.29 bits per heavy atom. The van der Waals surface area contributed by atoms with Crippen molar-refractivity contribution in [1.29, 1.82) is 0 Å². The molecular formula is C16H15ClN3O. The maximum absolute atomic E-state index is 6.29. The molecule has 3 aromatic rings. The lowest BCUT2D eigenvalue weighted by Gasteiger charge is -2.11. The number of halogens is 1. The number of pyridine rings is 1. The lowest BCUT2D eigenvalue weighted by atomic mass is 10.1. The van der Waals surface area contributed by atoms with Crippen molar-refractivity contribution in [3.8, 4) is 11.4 Å². The van der Waals surface area contributed by atoms with Crippen LogP contribution in [-0.2, 0) is 0 Å². The van der Waals surface area contributed by atoms with Crippen molar-refractivity contribution < 1.29 is 4.74 Å². The van der Waals surface area contributed by atoms with Gasteiger partial charge in [0.25, 0.3) is 0 Å². The smallest absolute Gasteiger partial charge is 0.157 e. The number of ether oxygens (including phenoxy) is 1. The molecule has 0 fully saturated rings. The standard InChI is InChI=1S/C16H15ClN3O/c1-10(2)12-7-8-20(19-12)14-9-18-13-6-4-5-11(17)15(13)16(14)21-3/h4-8,10H,1-3H3. The summed E-state index contributed by atoms with van der Waals surface area (Å²) in [6, 6.07) is 7.54. The molecule has 0 aliphatic heterocycles. The molecule has 1 radical (unpaired) electrons. The number of nitrogens with zero attached hydrogens (tertiary/aromatic N) is 3. The molecule has 0 aliphatic rings. The van der Waals surface area contributed by atoms with Gasteiger partial charge in [-0.2, -0.15) is 5.10 Å². The molecule has 0 saturated carbocycles. The number of methoxy groups -OCH3 is 1. The molecule has 2 heterocycles. The van der Waals surface area contributed by atoms with Crippen LogP contribution in [0.3, 0.4) is 0 Å². The van der Waals surface area contributed by atoms with Crippen molar-refractivity contribution in [2.75, 3.05) is 7.11 Å². The Labute approximate surface area is 128 Å². The Bertz CT molecular complexity index is 795. The van der Waals surface area contributed by atoms with Crippen LogP contribution in [0.5, 0.6) is 5.75 Å². The van der Waals surface area contributed by atoms with E-state index in [1.54, 1.807) is 11.8 Å². The van der Waals surface area contributed by atoms with Gasteiger partial charge < -0.3 is 4.74 Å². The van der Waals surface area contributed by atoms with Crippen molar-refractivity contribution >= 4 is 22.5 Å². The van der Waals surface area contributed by atoms with Gasteiger partial charge in [-0.05, 0) is 24.1 Å². The van der Waals surface area contributed by atoms with Gasteiger partial charge in [-0.1, -0.05) is 31.5 Å². The highest BCUT2D eigenvalue weighted by atomic mass is 35.5. The van der Waals surface area contributed by atoms with E-state index < -0.39 is 0 Å². The van der Waals surface area contributed by atoms with Crippen molar-refractivity contribution in [2.24, 2.45) is 0 Å². The third-order valence-corrected chi connectivity index (χ3v) is 3.67. The molecule has 0 bridgehead atoms. The predicted octanol–water partition coefficient (Wildman–Crippen LogP) is 4.01. The summed E-state index contributed by atoms with van der Waals surface area (Å²) < 4.78 is 7.27. The van der Waals surface area contributed by atoms with Gasteiger partial charge in [-0.15, -0.1) is 0 Å². The van der Waals surface area contributed by atoms with Crippen LogP contribution >= 0.6 is 11.6 Å². The first-order chi connectivity index (χ1) is 10.1. The second-order valence-corrected chi connectivity index (χ2v) is 5.49. The van der Waals surface area contributed by atoms with E-state index >= 15 is 0 Å². The zero-order chi connectivity index (χ0) is 15.0. The molecule has 0 aliphatic carbocycles. The van der Waals surface area contributed by atoms with Gasteiger partial charge in [0.15, 0.2) is 5.75 Å². The van der Waals surface area contributed by atoms with Gasteiger partial charge in [0.2, 0.25) is 0 Å². The van der Waals surface area contributed by atoms with E-state index in [1.165, 1.54) is 0 Å². The summed E-state index contributed by atoms with van der Waals surface area (Å²) in [6.45, 7) is 4.20. The van der Waals surface area contributed by atoms with E-state index in [4.69, 9.17) is 16.3 Å². The fourth-order valence-corrected chi connectivity index (χ4v) is 2.49. The zero-order valence-corrected chi connectivity index (χ0v) is 12.8. The van der Waals surface area contributed by atoms with Crippen LogP contribution in [0, 0.1) is 6.20 Å². The predicted molar refractivity (Wildman–Crippen MR) is 83.4 cm³/mol. The summed E-state index contributed by atoms with van der Waals surface area (Å²) in [7, 11) is 1.61. The number of hydrogen-bond acceptors (Lipinski definition) is 3. The van der Waals surface area contributed by atoms with E-state index in [0.717, 1.165) is 16.6 Å². The summed E-state index contributed by atoms with van der Waals surface area (Å²) in [5.74, 6) is 0.984. The number of aromatic nitrogens is 3. The zero-order valence-electron chi connectivity index (χ0n) is 12.1. The summed E-state index contributed by atoms with van der Waals surface area (Å²) in [6.07, 6.45) is 4.88. The lowest BCUT2D eigenvalue weighted by molar-refractivity contribution is 0.416. The highest BCUT2D eigenvalue weighted by Gasteiger charge is 2.15. The molecule has 107 valence electrons. The van der Waals surface area contributed by atoms with Gasteiger partial charge in [-0.25, -0.2) is 9.67 Å². The highest BCUT2D eigenvalue weighted by molar-refractivity contribution is 6.36. The fourth-order valence-electron chi connectivity index (χ4n) is 2.24. The third-order valence-electron chi connectivity index (χ3n) is 3.35. The van der Waals surface area contributed by atoms with Crippen LogP contribution in [0.1, 0.15) is 25.5 Å². The average molecular weight is 301 g/mol. The third kappa shape index (κ3) is 2.36. The number of fused-ring (bicyclic) bond motifs is 1. The molecule has 0 unspecified atom stereocenters. The molecule has 0 atom stereocenters. The van der Waals surface area contributed by atoms with E-state index in [2.05, 4.69) is 30.1 Å². The molecule has 2 aromatic heterocycles. The fraction of sp³-hybridized carbons (Fsp3) is 0.250. The van der Waals surface area contributed by atoms with Gasteiger partial charge in [0.05, 0.1) is 28.7 Å². The molecule has 0 amide bonds. The molecule has 21 heavy (non-hydrogen) atoms. The Hall–Kier alpha value is -2.07. The van der Waals surface area contributed by atoms with Crippen LogP contribution in [0.15, 0.2) is 30.5 Å². The van der Waals surface area contributed by atoms with Gasteiger partial charge in [0.1, 0.15) is 11.9 Å². The maximum atomic E-state index is 6.29. The largest absolute Gasteiger partial charge is 0.494 e. The minimum Gasteiger partial charge on any atom is -0.494 e. The summed E-state index contributed by atoms with van der Waals surface area (Å²) in [4.78, 5) is 4.33. The van der Waals surface area contributed by atoms with Crippen LogP contribution in [-0.4, -0.2) is 21.9 Å². The van der Waals surface area contributed by atoms with Gasteiger partial charge in [-0.3, -0.25) is 0 Å². The average Bonchev–Trinajstić information content (AvgIpc) is 2.96. The SMILES string of the molecule is COc1c(-n2ccc(C(C)C)n2)[c]nc2cccc(Cl)c12. The minimum absolute atomic E-state index is 0.356. The highest BCUT2D eigenvalue weighted by Crippen LogP contribution is 2.35. The molecule has 0 spiro atoms. The molecule has 0 saturated heterocycles. The Balaban J connectivity index is 2.24. The van der Waals surface area contributed by atoms with Crippen LogP contribution in [0.4, 0.5) is 0 Å². The second kappa shape index (κ2) is 5.37. The summed E-state index contributed by atoms with van der Waals surface area (Å²) in [5.41, 5.74) is 2.41. The first-order valence-corrected chi connectivity index (χ1v) is 7.09. The molecular weight excluding hydrogens is 286 g/mol. The second-order valence-electron chi connectivity index (χ2n) is 5.08. The van der Waals surface area contributed by atoms with E-state index in [0.29, 0.717) is 22.4 Å². The topological polar surface area (TPSA) is 39.9 Å². The lowest BCUT2D eigenvalue weighted by Crippen LogP contribution is -2.02. The Morgan fingerprint density at radius 2 is 2.10 bits per heavy atom. The van der Waals surface area contributed by atoms with Crippen LogP contribution < -0.4 is 4.74 Å². The minimum atomic E-state index is 0.356. The van der Waals surface area contributed by atoms with Crippen molar-refractivity contribution in [3.63, 3.8) is 0 Å². The van der Waals surface area contributed by atoms with Gasteiger partial charge in [0, 0.05) is 6.20 Å². The monoisotopic (exact) mass is 300 g/mol. The first kappa shape index (κ1) is 13.9. The van der Waals surface area contributed by atoms with Crippen LogP contribution in [0.2, 0.25) is 5.02 Å². The summed E-state index contributed by atoms with van der Waals surface area (Å²) >= 11 is 6.29. The van der Waals surface area contributed by atoms with E-state index in [9.17, 15) is 0 Å². The molecule has 3 rings (SSSR count). The van der Waals surface area contributed by atoms with Crippen molar-refractivity contribution in [1.82, 2.24) is 14.8 Å².